The maximum Gasteiger partial charge on any atom is 0.278 e. The van der Waals surface area contributed by atoms with Crippen molar-refractivity contribution in [2.24, 2.45) is 0 Å². The standard InChI is InChI=1S/C28H29N3O3/c1-4-30(18-15-21-13-16-29-17-14-21)26-25(23-7-5-6-8-24(23)34-3)27(32)31(28(26)33)19-22-11-9-20(2)10-12-22/h5-14,16-17H,4,15,18-19H2,1-3H3. The lowest BCUT2D eigenvalue weighted by Crippen LogP contribution is -2.35. The lowest BCUT2D eigenvalue weighted by atomic mass is 10.0. The average Bonchev–Trinajstić information content (AvgIpc) is 3.11. The van der Waals surface area contributed by atoms with Crippen molar-refractivity contribution < 1.29 is 14.3 Å². The number of ether oxygens (including phenoxy) is 1. The van der Waals surface area contributed by atoms with Crippen molar-refractivity contribution in [2.75, 3.05) is 20.2 Å². The van der Waals surface area contributed by atoms with E-state index in [1.165, 1.54) is 4.90 Å². The van der Waals surface area contributed by atoms with E-state index >= 15 is 0 Å². The van der Waals surface area contributed by atoms with Gasteiger partial charge in [0.25, 0.3) is 11.8 Å². The summed E-state index contributed by atoms with van der Waals surface area (Å²) >= 11 is 0. The molecular weight excluding hydrogens is 426 g/mol. The Morgan fingerprint density at radius 1 is 0.912 bits per heavy atom. The van der Waals surface area contributed by atoms with Gasteiger partial charge in [0.1, 0.15) is 11.4 Å². The monoisotopic (exact) mass is 455 g/mol. The van der Waals surface area contributed by atoms with Crippen molar-refractivity contribution in [2.45, 2.75) is 26.8 Å². The summed E-state index contributed by atoms with van der Waals surface area (Å²) in [7, 11) is 1.57. The van der Waals surface area contributed by atoms with Crippen molar-refractivity contribution in [3.8, 4) is 5.75 Å². The number of aryl methyl sites for hydroxylation is 1. The number of rotatable bonds is 9. The average molecular weight is 456 g/mol. The van der Waals surface area contributed by atoms with Crippen LogP contribution in [0.15, 0.2) is 78.8 Å². The zero-order valence-corrected chi connectivity index (χ0v) is 19.8. The Labute approximate surface area is 200 Å². The molecule has 3 aromatic rings. The number of carbonyl (C=O) groups excluding carboxylic acids is 2. The molecule has 0 bridgehead atoms. The molecule has 0 unspecified atom stereocenters. The van der Waals surface area contributed by atoms with Crippen LogP contribution in [0.2, 0.25) is 0 Å². The number of amides is 2. The Hall–Kier alpha value is -3.93. The molecular formula is C28H29N3O3. The second-order valence-corrected chi connectivity index (χ2v) is 8.29. The van der Waals surface area contributed by atoms with E-state index in [2.05, 4.69) is 4.98 Å². The van der Waals surface area contributed by atoms with Gasteiger partial charge in [0.15, 0.2) is 0 Å². The zero-order chi connectivity index (χ0) is 24.1. The molecule has 2 aromatic carbocycles. The lowest BCUT2D eigenvalue weighted by molar-refractivity contribution is -0.138. The van der Waals surface area contributed by atoms with Crippen molar-refractivity contribution in [1.82, 2.24) is 14.8 Å². The summed E-state index contributed by atoms with van der Waals surface area (Å²) in [6.07, 6.45) is 4.26. The normalized spacial score (nSPS) is 13.6. The molecule has 6 heteroatoms. The number of pyridine rings is 1. The molecule has 1 aliphatic heterocycles. The predicted octanol–water partition coefficient (Wildman–Crippen LogP) is 4.24. The van der Waals surface area contributed by atoms with E-state index in [1.54, 1.807) is 19.5 Å². The quantitative estimate of drug-likeness (QED) is 0.452. The lowest BCUT2D eigenvalue weighted by Gasteiger charge is -2.25. The first-order chi connectivity index (χ1) is 16.5. The summed E-state index contributed by atoms with van der Waals surface area (Å²) in [5.41, 5.74) is 4.62. The third kappa shape index (κ3) is 4.71. The van der Waals surface area contributed by atoms with Gasteiger partial charge in [-0.3, -0.25) is 19.5 Å². The highest BCUT2D eigenvalue weighted by Crippen LogP contribution is 2.36. The van der Waals surface area contributed by atoms with Gasteiger partial charge in [0.05, 0.1) is 19.2 Å². The molecule has 0 atom stereocenters. The highest BCUT2D eigenvalue weighted by atomic mass is 16.5. The van der Waals surface area contributed by atoms with Crippen LogP contribution in [0.25, 0.3) is 5.57 Å². The van der Waals surface area contributed by atoms with Crippen LogP contribution in [0.1, 0.15) is 29.2 Å². The summed E-state index contributed by atoms with van der Waals surface area (Å²) in [6, 6.07) is 19.2. The van der Waals surface area contributed by atoms with Gasteiger partial charge in [-0.1, -0.05) is 48.0 Å². The highest BCUT2D eigenvalue weighted by molar-refractivity contribution is 6.35. The molecule has 34 heavy (non-hydrogen) atoms. The fraction of sp³-hybridized carbons (Fsp3) is 0.250. The highest BCUT2D eigenvalue weighted by Gasteiger charge is 2.42. The summed E-state index contributed by atoms with van der Waals surface area (Å²) in [4.78, 5) is 34.9. The Morgan fingerprint density at radius 2 is 1.62 bits per heavy atom. The van der Waals surface area contributed by atoms with Crippen LogP contribution >= 0.6 is 0 Å². The minimum Gasteiger partial charge on any atom is -0.496 e. The Balaban J connectivity index is 1.73. The molecule has 2 heterocycles. The van der Waals surface area contributed by atoms with Gasteiger partial charge >= 0.3 is 0 Å². The largest absolute Gasteiger partial charge is 0.496 e. The van der Waals surface area contributed by atoms with Crippen LogP contribution in [0.4, 0.5) is 0 Å². The van der Waals surface area contributed by atoms with Crippen LogP contribution in [0, 0.1) is 6.92 Å². The number of aromatic nitrogens is 1. The van der Waals surface area contributed by atoms with Gasteiger partial charge in [-0.25, -0.2) is 0 Å². The Kier molecular flexibility index (Phi) is 7.07. The number of para-hydroxylation sites is 1. The van der Waals surface area contributed by atoms with Crippen molar-refractivity contribution in [1.29, 1.82) is 0 Å². The van der Waals surface area contributed by atoms with Gasteiger partial charge in [-0.2, -0.15) is 0 Å². The number of benzene rings is 2. The number of nitrogens with zero attached hydrogens (tertiary/aromatic N) is 3. The summed E-state index contributed by atoms with van der Waals surface area (Å²) in [5, 5.41) is 0. The van der Waals surface area contributed by atoms with E-state index in [0.717, 1.165) is 23.1 Å². The van der Waals surface area contributed by atoms with Gasteiger partial charge in [-0.15, -0.1) is 0 Å². The van der Waals surface area contributed by atoms with Crippen LogP contribution in [-0.2, 0) is 22.6 Å². The first kappa shape index (κ1) is 23.2. The number of imide groups is 1. The fourth-order valence-electron chi connectivity index (χ4n) is 4.21. The second kappa shape index (κ2) is 10.3. The van der Waals surface area contributed by atoms with Gasteiger partial charge in [0, 0.05) is 31.0 Å². The molecule has 0 fully saturated rings. The van der Waals surface area contributed by atoms with Gasteiger partial charge in [-0.05, 0) is 49.6 Å². The van der Waals surface area contributed by atoms with Crippen LogP contribution in [0.3, 0.4) is 0 Å². The molecule has 1 aromatic heterocycles. The van der Waals surface area contributed by atoms with E-state index in [1.807, 2.05) is 79.4 Å². The first-order valence-corrected chi connectivity index (χ1v) is 11.5. The molecule has 6 nitrogen and oxygen atoms in total. The van der Waals surface area contributed by atoms with E-state index in [-0.39, 0.29) is 18.4 Å². The molecule has 174 valence electrons. The molecule has 2 amide bonds. The molecule has 4 rings (SSSR count). The van der Waals surface area contributed by atoms with Crippen LogP contribution in [-0.4, -0.2) is 46.8 Å². The number of likely N-dealkylation sites (N-methyl/N-ethyl adjacent to an activating group) is 1. The number of methoxy groups -OCH3 is 1. The predicted molar refractivity (Wildman–Crippen MR) is 132 cm³/mol. The Morgan fingerprint density at radius 3 is 2.29 bits per heavy atom. The topological polar surface area (TPSA) is 62.7 Å². The molecule has 0 N–H and O–H groups in total. The molecule has 0 saturated heterocycles. The minimum atomic E-state index is -0.299. The molecule has 0 aliphatic carbocycles. The first-order valence-electron chi connectivity index (χ1n) is 11.5. The van der Waals surface area contributed by atoms with E-state index in [9.17, 15) is 9.59 Å². The van der Waals surface area contributed by atoms with Gasteiger partial charge < -0.3 is 9.64 Å². The van der Waals surface area contributed by atoms with Crippen LogP contribution < -0.4 is 4.74 Å². The van der Waals surface area contributed by atoms with Crippen molar-refractivity contribution in [3.05, 3.63) is 101 Å². The molecule has 0 saturated carbocycles. The number of carbonyl (C=O) groups is 2. The summed E-state index contributed by atoms with van der Waals surface area (Å²) < 4.78 is 5.56. The fourth-order valence-corrected chi connectivity index (χ4v) is 4.21. The molecule has 1 aliphatic rings. The smallest absolute Gasteiger partial charge is 0.278 e. The van der Waals surface area contributed by atoms with E-state index in [4.69, 9.17) is 4.74 Å². The minimum absolute atomic E-state index is 0.224. The van der Waals surface area contributed by atoms with Crippen LogP contribution in [0.5, 0.6) is 5.75 Å². The summed E-state index contributed by atoms with van der Waals surface area (Å²) in [6.45, 7) is 5.43. The van der Waals surface area contributed by atoms with Crippen molar-refractivity contribution >= 4 is 17.4 Å². The van der Waals surface area contributed by atoms with Crippen molar-refractivity contribution in [3.63, 3.8) is 0 Å². The Bertz CT molecular complexity index is 1200. The third-order valence-electron chi connectivity index (χ3n) is 6.10. The maximum absolute atomic E-state index is 13.7. The molecule has 0 radical (unpaired) electrons. The summed E-state index contributed by atoms with van der Waals surface area (Å²) in [5.74, 6) is -0.00554. The van der Waals surface area contributed by atoms with Gasteiger partial charge in [0.2, 0.25) is 0 Å². The van der Waals surface area contributed by atoms with E-state index < -0.39 is 0 Å². The van der Waals surface area contributed by atoms with E-state index in [0.29, 0.717) is 35.7 Å². The molecule has 0 spiro atoms. The number of hydrogen-bond acceptors (Lipinski definition) is 5. The SMILES string of the molecule is CCN(CCc1ccncc1)C1=C(c2ccccc2OC)C(=O)N(Cc2ccc(C)cc2)C1=O. The zero-order valence-electron chi connectivity index (χ0n) is 19.8. The number of hydrogen-bond donors (Lipinski definition) is 0. The maximum atomic E-state index is 13.7. The third-order valence-corrected chi connectivity index (χ3v) is 6.10. The second-order valence-electron chi connectivity index (χ2n) is 8.29.